The van der Waals surface area contributed by atoms with Crippen LogP contribution in [0.4, 0.5) is 0 Å². The van der Waals surface area contributed by atoms with Crippen molar-refractivity contribution in [2.45, 2.75) is 19.6 Å². The van der Waals surface area contributed by atoms with Crippen LogP contribution in [0.2, 0.25) is 19.6 Å². The number of hydrogen-bond acceptors (Lipinski definition) is 2. The van der Waals surface area contributed by atoms with E-state index in [9.17, 15) is 0 Å². The number of ether oxygens (including phenoxy) is 2. The first-order chi connectivity index (χ1) is 5.45. The predicted octanol–water partition coefficient (Wildman–Crippen LogP) is 2.55. The van der Waals surface area contributed by atoms with Crippen LogP contribution in [0.1, 0.15) is 0 Å². The average molecular weight is 186 g/mol. The second-order valence-electron chi connectivity index (χ2n) is 3.85. The zero-order chi connectivity index (χ0) is 9.61. The second kappa shape index (κ2) is 5.03. The molecule has 0 aliphatic rings. The molecule has 0 bridgehead atoms. The first-order valence-electron chi connectivity index (χ1n) is 3.97. The Morgan fingerprint density at radius 2 is 2.00 bits per heavy atom. The Morgan fingerprint density at radius 1 is 1.42 bits per heavy atom. The molecule has 0 fully saturated rings. The summed E-state index contributed by atoms with van der Waals surface area (Å²) in [4.78, 5) is 0. The van der Waals surface area contributed by atoms with Crippen molar-refractivity contribution in [3.05, 3.63) is 24.7 Å². The average Bonchev–Trinajstić information content (AvgIpc) is 1.95. The molecular formula is C9H18O2Si. The van der Waals surface area contributed by atoms with E-state index in [-0.39, 0.29) is 0 Å². The van der Waals surface area contributed by atoms with Gasteiger partial charge in [0.25, 0.3) is 0 Å². The van der Waals surface area contributed by atoms with E-state index in [4.69, 9.17) is 9.47 Å². The third kappa shape index (κ3) is 7.40. The summed E-state index contributed by atoms with van der Waals surface area (Å²) in [5, 5.41) is 0. The molecule has 0 N–H and O–H groups in total. The smallest absolute Gasteiger partial charge is 0.114 e. The largest absolute Gasteiger partial charge is 0.504 e. The highest BCUT2D eigenvalue weighted by Crippen LogP contribution is 2.04. The maximum absolute atomic E-state index is 5.41. The first-order valence-corrected chi connectivity index (χ1v) is 7.67. The second-order valence-corrected chi connectivity index (χ2v) is 9.26. The topological polar surface area (TPSA) is 18.5 Å². The van der Waals surface area contributed by atoms with Gasteiger partial charge in [0.15, 0.2) is 0 Å². The van der Waals surface area contributed by atoms with Crippen LogP contribution in [-0.4, -0.2) is 21.4 Å². The number of allylic oxidation sites excluding steroid dienone is 1. The molecule has 12 heavy (non-hydrogen) atoms. The molecule has 0 unspecified atom stereocenters. The Kier molecular flexibility index (Phi) is 4.74. The van der Waals surface area contributed by atoms with Gasteiger partial charge in [0.1, 0.15) is 5.76 Å². The molecule has 0 aromatic rings. The zero-order valence-corrected chi connectivity index (χ0v) is 9.39. The molecule has 3 heteroatoms. The van der Waals surface area contributed by atoms with Crippen molar-refractivity contribution in [3.63, 3.8) is 0 Å². The Morgan fingerprint density at radius 3 is 2.42 bits per heavy atom. The molecule has 0 aromatic heterocycles. The maximum atomic E-state index is 5.41. The first kappa shape index (κ1) is 11.3. The minimum atomic E-state index is -1.12. The summed E-state index contributed by atoms with van der Waals surface area (Å²) in [5.74, 6) is 0.666. The summed E-state index contributed by atoms with van der Waals surface area (Å²) < 4.78 is 10.1. The SMILES string of the molecule is C=C(C=COC)OC[Si](C)(C)C. The molecule has 0 saturated heterocycles. The lowest BCUT2D eigenvalue weighted by atomic mass is 10.5. The lowest BCUT2D eigenvalue weighted by Crippen LogP contribution is -2.27. The van der Waals surface area contributed by atoms with Crippen LogP contribution in [0.25, 0.3) is 0 Å². The molecule has 0 heterocycles. The van der Waals surface area contributed by atoms with Crippen molar-refractivity contribution in [3.8, 4) is 0 Å². The lowest BCUT2D eigenvalue weighted by molar-refractivity contribution is 0.271. The minimum Gasteiger partial charge on any atom is -0.504 e. The summed E-state index contributed by atoms with van der Waals surface area (Å²) >= 11 is 0. The summed E-state index contributed by atoms with van der Waals surface area (Å²) in [6.45, 7) is 10.5. The monoisotopic (exact) mass is 186 g/mol. The number of hydrogen-bond donors (Lipinski definition) is 0. The Labute approximate surface area is 75.9 Å². The molecule has 0 radical (unpaired) electrons. The summed E-state index contributed by atoms with van der Waals surface area (Å²) in [7, 11) is 0.483. The molecule has 0 spiro atoms. The summed E-state index contributed by atoms with van der Waals surface area (Å²) in [5.41, 5.74) is 0. The minimum absolute atomic E-state index is 0.666. The van der Waals surface area contributed by atoms with Gasteiger partial charge in [-0.05, 0) is 0 Å². The van der Waals surface area contributed by atoms with Crippen LogP contribution in [-0.2, 0) is 9.47 Å². The van der Waals surface area contributed by atoms with Gasteiger partial charge in [-0.2, -0.15) is 0 Å². The molecule has 0 saturated carbocycles. The van der Waals surface area contributed by atoms with Gasteiger partial charge in [-0.15, -0.1) is 0 Å². The van der Waals surface area contributed by atoms with E-state index in [0.717, 1.165) is 6.23 Å². The van der Waals surface area contributed by atoms with Crippen LogP contribution in [0, 0.1) is 0 Å². The van der Waals surface area contributed by atoms with Gasteiger partial charge in [0.05, 0.1) is 27.7 Å². The normalized spacial score (nSPS) is 11.7. The molecular weight excluding hydrogens is 168 g/mol. The van der Waals surface area contributed by atoms with Crippen molar-refractivity contribution in [1.82, 2.24) is 0 Å². The lowest BCUT2D eigenvalue weighted by Gasteiger charge is -2.16. The number of methoxy groups -OCH3 is 1. The molecule has 0 aliphatic heterocycles. The van der Waals surface area contributed by atoms with Crippen molar-refractivity contribution >= 4 is 8.07 Å². The van der Waals surface area contributed by atoms with Crippen LogP contribution in [0.3, 0.4) is 0 Å². The fourth-order valence-electron chi connectivity index (χ4n) is 0.501. The third-order valence-corrected chi connectivity index (χ3v) is 2.09. The van der Waals surface area contributed by atoms with Gasteiger partial charge in [0.2, 0.25) is 0 Å². The highest BCUT2D eigenvalue weighted by Gasteiger charge is 2.13. The van der Waals surface area contributed by atoms with Gasteiger partial charge in [0, 0.05) is 6.08 Å². The van der Waals surface area contributed by atoms with Gasteiger partial charge >= 0.3 is 0 Å². The van der Waals surface area contributed by atoms with Crippen molar-refractivity contribution < 1.29 is 9.47 Å². The van der Waals surface area contributed by atoms with Gasteiger partial charge < -0.3 is 9.47 Å². The Hall–Kier alpha value is -0.703. The van der Waals surface area contributed by atoms with E-state index >= 15 is 0 Å². The van der Waals surface area contributed by atoms with E-state index in [2.05, 4.69) is 26.2 Å². The number of rotatable bonds is 5. The molecule has 70 valence electrons. The molecule has 0 rings (SSSR count). The van der Waals surface area contributed by atoms with Crippen LogP contribution in [0.15, 0.2) is 24.7 Å². The summed E-state index contributed by atoms with van der Waals surface area (Å²) in [6.07, 6.45) is 4.09. The van der Waals surface area contributed by atoms with E-state index in [1.807, 2.05) is 0 Å². The highest BCUT2D eigenvalue weighted by molar-refractivity contribution is 6.76. The van der Waals surface area contributed by atoms with Crippen LogP contribution >= 0.6 is 0 Å². The van der Waals surface area contributed by atoms with Crippen molar-refractivity contribution in [1.29, 1.82) is 0 Å². The van der Waals surface area contributed by atoms with E-state index in [0.29, 0.717) is 5.76 Å². The maximum Gasteiger partial charge on any atom is 0.114 e. The molecule has 2 nitrogen and oxygen atoms in total. The van der Waals surface area contributed by atoms with Crippen molar-refractivity contribution in [2.75, 3.05) is 13.3 Å². The molecule has 0 aliphatic carbocycles. The van der Waals surface area contributed by atoms with Crippen LogP contribution < -0.4 is 0 Å². The molecule has 0 amide bonds. The predicted molar refractivity (Wildman–Crippen MR) is 54.6 cm³/mol. The Balaban J connectivity index is 3.65. The van der Waals surface area contributed by atoms with E-state index in [1.54, 1.807) is 19.4 Å². The quantitative estimate of drug-likeness (QED) is 0.373. The highest BCUT2D eigenvalue weighted by atomic mass is 28.3. The van der Waals surface area contributed by atoms with Gasteiger partial charge in [-0.3, -0.25) is 0 Å². The molecule has 0 aromatic carbocycles. The zero-order valence-electron chi connectivity index (χ0n) is 8.39. The fraction of sp³-hybridized carbons (Fsp3) is 0.556. The van der Waals surface area contributed by atoms with E-state index < -0.39 is 8.07 Å². The molecule has 0 atom stereocenters. The van der Waals surface area contributed by atoms with Gasteiger partial charge in [-0.25, -0.2) is 0 Å². The van der Waals surface area contributed by atoms with Gasteiger partial charge in [-0.1, -0.05) is 26.2 Å². The summed E-state index contributed by atoms with van der Waals surface area (Å²) in [6, 6.07) is 0. The Bertz CT molecular complexity index is 168. The standard InChI is InChI=1S/C9H18O2Si/c1-9(6-7-10-2)11-8-12(3,4)5/h6-7H,1,8H2,2-5H3. The third-order valence-electron chi connectivity index (χ3n) is 1.08. The fourth-order valence-corrected chi connectivity index (χ4v) is 1.12. The van der Waals surface area contributed by atoms with E-state index in [1.165, 1.54) is 0 Å². The van der Waals surface area contributed by atoms with Crippen LogP contribution in [0.5, 0.6) is 0 Å². The van der Waals surface area contributed by atoms with Crippen molar-refractivity contribution in [2.24, 2.45) is 0 Å².